The number of benzene rings is 1. The van der Waals surface area contributed by atoms with E-state index in [-0.39, 0.29) is 11.9 Å². The monoisotopic (exact) mass is 378 g/mol. The smallest absolute Gasteiger partial charge is 0.271 e. The van der Waals surface area contributed by atoms with Crippen molar-refractivity contribution >= 4 is 40.2 Å². The fourth-order valence-corrected chi connectivity index (χ4v) is 4.12. The van der Waals surface area contributed by atoms with E-state index in [1.165, 1.54) is 22.7 Å². The van der Waals surface area contributed by atoms with Crippen LogP contribution in [0.4, 0.5) is 0 Å². The number of carbonyl (C=O) groups excluding carboxylic acids is 1. The summed E-state index contributed by atoms with van der Waals surface area (Å²) in [6.07, 6.45) is 0. The molecule has 0 spiro atoms. The topological polar surface area (TPSA) is 51.2 Å². The number of nitrogens with one attached hydrogen (secondary N) is 1. The highest BCUT2D eigenvalue weighted by atomic mass is 35.5. The molecule has 0 aliphatic carbocycles. The second-order valence-corrected chi connectivity index (χ2v) is 7.68. The highest BCUT2D eigenvalue weighted by molar-refractivity contribution is 7.16. The van der Waals surface area contributed by atoms with Crippen LogP contribution in [0, 0.1) is 0 Å². The van der Waals surface area contributed by atoms with Gasteiger partial charge in [-0.05, 0) is 31.2 Å². The van der Waals surface area contributed by atoms with Gasteiger partial charge in [0.05, 0.1) is 23.1 Å². The second kappa shape index (κ2) is 7.34. The van der Waals surface area contributed by atoms with E-state index in [4.69, 9.17) is 16.3 Å². The van der Waals surface area contributed by atoms with Gasteiger partial charge in [0.1, 0.15) is 16.5 Å². The van der Waals surface area contributed by atoms with E-state index < -0.39 is 0 Å². The van der Waals surface area contributed by atoms with Crippen molar-refractivity contribution in [2.75, 3.05) is 7.11 Å². The summed E-state index contributed by atoms with van der Waals surface area (Å²) in [4.78, 5) is 17.9. The second-order valence-electron chi connectivity index (χ2n) is 5.08. The number of para-hydroxylation sites is 1. The molecule has 7 heteroatoms. The molecule has 124 valence electrons. The summed E-state index contributed by atoms with van der Waals surface area (Å²) in [6.45, 7) is 1.92. The fraction of sp³-hybridized carbons (Fsp3) is 0.176. The van der Waals surface area contributed by atoms with E-state index in [1.807, 2.05) is 43.3 Å². The van der Waals surface area contributed by atoms with Gasteiger partial charge in [-0.3, -0.25) is 4.79 Å². The van der Waals surface area contributed by atoms with E-state index in [0.717, 1.165) is 21.2 Å². The zero-order valence-corrected chi connectivity index (χ0v) is 15.5. The van der Waals surface area contributed by atoms with Gasteiger partial charge in [0.15, 0.2) is 0 Å². The summed E-state index contributed by atoms with van der Waals surface area (Å²) in [6, 6.07) is 11.2. The molecule has 4 nitrogen and oxygen atoms in total. The molecule has 0 fully saturated rings. The van der Waals surface area contributed by atoms with E-state index >= 15 is 0 Å². The first-order chi connectivity index (χ1) is 11.6. The largest absolute Gasteiger partial charge is 0.496 e. The minimum absolute atomic E-state index is 0.119. The number of aromatic nitrogens is 1. The zero-order valence-electron chi connectivity index (χ0n) is 13.1. The Morgan fingerprint density at radius 2 is 2.08 bits per heavy atom. The third-order valence-corrected chi connectivity index (χ3v) is 5.73. The standard InChI is InChI=1S/C17H15ClN2O2S2/c1-10(14-7-8-15(18)24-14)19-16(21)12-9-23-17(20-12)11-5-3-4-6-13(11)22-2/h3-10H,1-2H3,(H,19,21). The van der Waals surface area contributed by atoms with Crippen molar-refractivity contribution in [3.8, 4) is 16.3 Å². The molecule has 3 aromatic rings. The molecule has 0 aliphatic heterocycles. The van der Waals surface area contributed by atoms with Crippen LogP contribution in [0.3, 0.4) is 0 Å². The van der Waals surface area contributed by atoms with Crippen LogP contribution in [-0.4, -0.2) is 18.0 Å². The number of ether oxygens (including phenoxy) is 1. The van der Waals surface area contributed by atoms with Crippen LogP contribution in [0.1, 0.15) is 28.3 Å². The van der Waals surface area contributed by atoms with Gasteiger partial charge in [-0.25, -0.2) is 4.98 Å². The van der Waals surface area contributed by atoms with Gasteiger partial charge >= 0.3 is 0 Å². The summed E-state index contributed by atoms with van der Waals surface area (Å²) in [5, 5.41) is 5.45. The third-order valence-electron chi connectivity index (χ3n) is 3.44. The van der Waals surface area contributed by atoms with Gasteiger partial charge in [-0.2, -0.15) is 0 Å². The molecular formula is C17H15ClN2O2S2. The molecule has 0 bridgehead atoms. The molecular weight excluding hydrogens is 364 g/mol. The number of hydrogen-bond acceptors (Lipinski definition) is 5. The minimum atomic E-state index is -0.204. The molecule has 2 aromatic heterocycles. The molecule has 1 unspecified atom stereocenters. The molecule has 1 atom stereocenters. The Morgan fingerprint density at radius 1 is 1.29 bits per heavy atom. The average molecular weight is 379 g/mol. The normalized spacial score (nSPS) is 12.0. The predicted octanol–water partition coefficient (Wildman–Crippen LogP) is 5.02. The molecule has 0 saturated heterocycles. The number of hydrogen-bond donors (Lipinski definition) is 1. The lowest BCUT2D eigenvalue weighted by Gasteiger charge is -2.10. The Balaban J connectivity index is 1.76. The van der Waals surface area contributed by atoms with Crippen LogP contribution in [-0.2, 0) is 0 Å². The van der Waals surface area contributed by atoms with Crippen molar-refractivity contribution in [2.24, 2.45) is 0 Å². The lowest BCUT2D eigenvalue weighted by Crippen LogP contribution is -2.26. The van der Waals surface area contributed by atoms with Gasteiger partial charge in [-0.15, -0.1) is 22.7 Å². The van der Waals surface area contributed by atoms with E-state index in [9.17, 15) is 4.79 Å². The molecule has 3 rings (SSSR count). The highest BCUT2D eigenvalue weighted by Crippen LogP contribution is 2.32. The quantitative estimate of drug-likeness (QED) is 0.677. The number of rotatable bonds is 5. The number of thiophene rings is 1. The molecule has 2 heterocycles. The van der Waals surface area contributed by atoms with Crippen LogP contribution in [0.15, 0.2) is 41.8 Å². The zero-order chi connectivity index (χ0) is 17.1. The van der Waals surface area contributed by atoms with Crippen molar-refractivity contribution in [1.82, 2.24) is 10.3 Å². The molecule has 24 heavy (non-hydrogen) atoms. The maximum Gasteiger partial charge on any atom is 0.271 e. The fourth-order valence-electron chi connectivity index (χ4n) is 2.23. The van der Waals surface area contributed by atoms with Gasteiger partial charge in [0.25, 0.3) is 5.91 Å². The number of methoxy groups -OCH3 is 1. The summed E-state index contributed by atoms with van der Waals surface area (Å²) in [5.41, 5.74) is 1.28. The van der Waals surface area contributed by atoms with E-state index in [0.29, 0.717) is 10.0 Å². The van der Waals surface area contributed by atoms with Crippen molar-refractivity contribution in [2.45, 2.75) is 13.0 Å². The van der Waals surface area contributed by atoms with Crippen LogP contribution in [0.25, 0.3) is 10.6 Å². The summed E-state index contributed by atoms with van der Waals surface area (Å²) in [7, 11) is 1.62. The number of nitrogens with zero attached hydrogens (tertiary/aromatic N) is 1. The van der Waals surface area contributed by atoms with E-state index in [2.05, 4.69) is 10.3 Å². The first-order valence-corrected chi connectivity index (χ1v) is 9.31. The Morgan fingerprint density at radius 3 is 2.79 bits per heavy atom. The van der Waals surface area contributed by atoms with Crippen LogP contribution < -0.4 is 10.1 Å². The third kappa shape index (κ3) is 3.61. The predicted molar refractivity (Wildman–Crippen MR) is 99.3 cm³/mol. The highest BCUT2D eigenvalue weighted by Gasteiger charge is 2.17. The molecule has 0 aliphatic rings. The first kappa shape index (κ1) is 17.0. The van der Waals surface area contributed by atoms with Gasteiger partial charge < -0.3 is 10.1 Å². The van der Waals surface area contributed by atoms with E-state index in [1.54, 1.807) is 12.5 Å². The Hall–Kier alpha value is -1.89. The summed E-state index contributed by atoms with van der Waals surface area (Å²) < 4.78 is 6.06. The maximum absolute atomic E-state index is 12.4. The summed E-state index contributed by atoms with van der Waals surface area (Å²) >= 11 is 8.81. The molecule has 0 saturated carbocycles. The lowest BCUT2D eigenvalue weighted by molar-refractivity contribution is 0.0936. The molecule has 1 aromatic carbocycles. The van der Waals surface area contributed by atoms with Crippen molar-refractivity contribution in [3.05, 3.63) is 56.7 Å². The molecule has 1 N–H and O–H groups in total. The SMILES string of the molecule is COc1ccccc1-c1nc(C(=O)NC(C)c2ccc(Cl)s2)cs1. The number of halogens is 1. The number of thiazole rings is 1. The number of amides is 1. The minimum Gasteiger partial charge on any atom is -0.496 e. The van der Waals surface area contributed by atoms with Gasteiger partial charge in [-0.1, -0.05) is 23.7 Å². The summed E-state index contributed by atoms with van der Waals surface area (Å²) in [5.74, 6) is 0.532. The average Bonchev–Trinajstić information content (AvgIpc) is 3.24. The molecule has 1 amide bonds. The van der Waals surface area contributed by atoms with Gasteiger partial charge in [0.2, 0.25) is 0 Å². The van der Waals surface area contributed by atoms with Crippen LogP contribution in [0.5, 0.6) is 5.75 Å². The van der Waals surface area contributed by atoms with Crippen molar-refractivity contribution in [3.63, 3.8) is 0 Å². The van der Waals surface area contributed by atoms with Gasteiger partial charge in [0, 0.05) is 10.3 Å². The van der Waals surface area contributed by atoms with Crippen molar-refractivity contribution < 1.29 is 9.53 Å². The van der Waals surface area contributed by atoms with Crippen LogP contribution >= 0.6 is 34.3 Å². The molecule has 0 radical (unpaired) electrons. The first-order valence-electron chi connectivity index (χ1n) is 7.23. The van der Waals surface area contributed by atoms with Crippen molar-refractivity contribution in [1.29, 1.82) is 0 Å². The van der Waals surface area contributed by atoms with Crippen LogP contribution in [0.2, 0.25) is 4.34 Å². The Labute approximate surface area is 153 Å². The maximum atomic E-state index is 12.4. The Bertz CT molecular complexity index is 860. The number of carbonyl (C=O) groups is 1. The Kier molecular flexibility index (Phi) is 5.18. The lowest BCUT2D eigenvalue weighted by atomic mass is 10.2.